The summed E-state index contributed by atoms with van der Waals surface area (Å²) < 4.78 is 1.64. The van der Waals surface area contributed by atoms with Gasteiger partial charge in [0.2, 0.25) is 11.0 Å². The van der Waals surface area contributed by atoms with Crippen LogP contribution in [0.5, 0.6) is 5.75 Å². The molecule has 17 heteroatoms. The highest BCUT2D eigenvalue weighted by molar-refractivity contribution is 8.00. The van der Waals surface area contributed by atoms with Gasteiger partial charge in [0.1, 0.15) is 22.8 Å². The SMILES string of the molecule is CC(C)n1cc(O)c(=O)cc1C=CC1=C(C(=O)O)N2C(=O)[C@@H](NC(=O)/C(=N\OC(C)(C)C(=O)O)c3csc(N)n3)[C@H]2SC1. The lowest BCUT2D eigenvalue weighted by Crippen LogP contribution is -2.71. The van der Waals surface area contributed by atoms with E-state index in [1.165, 1.54) is 55.4 Å². The highest BCUT2D eigenvalue weighted by Crippen LogP contribution is 2.41. The van der Waals surface area contributed by atoms with Gasteiger partial charge in [0.15, 0.2) is 16.6 Å². The number of oxime groups is 1. The molecule has 2 aliphatic heterocycles. The van der Waals surface area contributed by atoms with Gasteiger partial charge >= 0.3 is 11.9 Å². The van der Waals surface area contributed by atoms with Crippen molar-refractivity contribution in [2.45, 2.75) is 50.8 Å². The zero-order valence-electron chi connectivity index (χ0n) is 23.3. The van der Waals surface area contributed by atoms with Gasteiger partial charge in [-0.15, -0.1) is 23.1 Å². The Labute approximate surface area is 252 Å². The third-order valence-electron chi connectivity index (χ3n) is 6.45. The number of carboxylic acids is 2. The van der Waals surface area contributed by atoms with E-state index in [-0.39, 0.29) is 28.3 Å². The number of pyridine rings is 1. The van der Waals surface area contributed by atoms with Crippen LogP contribution in [0.4, 0.5) is 5.13 Å². The first-order valence-electron chi connectivity index (χ1n) is 12.7. The van der Waals surface area contributed by atoms with Gasteiger partial charge in [-0.05, 0) is 39.3 Å². The van der Waals surface area contributed by atoms with Gasteiger partial charge in [-0.3, -0.25) is 19.3 Å². The Balaban J connectivity index is 1.59. The van der Waals surface area contributed by atoms with Gasteiger partial charge in [0.05, 0.1) is 6.20 Å². The Morgan fingerprint density at radius 3 is 2.53 bits per heavy atom. The van der Waals surface area contributed by atoms with Crippen molar-refractivity contribution < 1.29 is 39.3 Å². The lowest BCUT2D eigenvalue weighted by molar-refractivity contribution is -0.161. The van der Waals surface area contributed by atoms with Crippen molar-refractivity contribution in [3.05, 3.63) is 56.6 Å². The first-order valence-corrected chi connectivity index (χ1v) is 14.6. The first kappa shape index (κ1) is 31.3. The molecule has 2 amide bonds. The maximum atomic E-state index is 13.2. The highest BCUT2D eigenvalue weighted by Gasteiger charge is 2.54. The number of nitrogen functional groups attached to an aromatic ring is 1. The summed E-state index contributed by atoms with van der Waals surface area (Å²) >= 11 is 2.21. The molecule has 0 unspecified atom stereocenters. The summed E-state index contributed by atoms with van der Waals surface area (Å²) in [5.41, 5.74) is 3.31. The molecule has 0 aromatic carbocycles. The number of hydrogen-bond acceptors (Lipinski definition) is 12. The normalized spacial score (nSPS) is 19.0. The quantitative estimate of drug-likeness (QED) is 0.141. The molecule has 1 fully saturated rings. The average molecular weight is 633 g/mol. The molecule has 4 rings (SSSR count). The van der Waals surface area contributed by atoms with Gasteiger partial charge < -0.3 is 35.8 Å². The second kappa shape index (κ2) is 11.9. The van der Waals surface area contributed by atoms with E-state index in [1.807, 2.05) is 13.8 Å². The van der Waals surface area contributed by atoms with E-state index < -0.39 is 57.7 Å². The number of aromatic nitrogens is 2. The third-order valence-corrected chi connectivity index (χ3v) is 8.43. The molecule has 0 saturated carbocycles. The third kappa shape index (κ3) is 6.26. The molecular formula is C26H28N6O9S2. The molecule has 15 nitrogen and oxygen atoms in total. The smallest absolute Gasteiger partial charge is 0.352 e. The Kier molecular flexibility index (Phi) is 8.68. The second-order valence-corrected chi connectivity index (χ2v) is 12.2. The molecule has 0 aliphatic carbocycles. The molecule has 228 valence electrons. The van der Waals surface area contributed by atoms with Crippen molar-refractivity contribution in [2.75, 3.05) is 11.5 Å². The molecular weight excluding hydrogens is 604 g/mol. The lowest BCUT2D eigenvalue weighted by atomic mass is 10.0. The fourth-order valence-corrected chi connectivity index (χ4v) is 5.97. The van der Waals surface area contributed by atoms with Crippen molar-refractivity contribution in [1.82, 2.24) is 19.8 Å². The summed E-state index contributed by atoms with van der Waals surface area (Å²) in [5, 5.41) is 36.1. The van der Waals surface area contributed by atoms with Gasteiger partial charge in [0, 0.05) is 28.9 Å². The number of nitrogens with one attached hydrogen (secondary N) is 1. The molecule has 0 spiro atoms. The fourth-order valence-electron chi connectivity index (χ4n) is 4.10. The number of carbonyl (C=O) groups is 4. The van der Waals surface area contributed by atoms with Crippen LogP contribution in [0.3, 0.4) is 0 Å². The molecule has 4 heterocycles. The summed E-state index contributed by atoms with van der Waals surface area (Å²) in [6.45, 7) is 6.14. The molecule has 0 radical (unpaired) electrons. The minimum absolute atomic E-state index is 0.00577. The highest BCUT2D eigenvalue weighted by atomic mass is 32.2. The molecule has 43 heavy (non-hydrogen) atoms. The zero-order chi connectivity index (χ0) is 31.8. The minimum atomic E-state index is -1.79. The van der Waals surface area contributed by atoms with E-state index in [4.69, 9.17) is 10.6 Å². The second-order valence-electron chi connectivity index (χ2n) is 10.2. The van der Waals surface area contributed by atoms with Crippen LogP contribution < -0.4 is 16.5 Å². The monoisotopic (exact) mass is 632 g/mol. The molecule has 6 N–H and O–H groups in total. The number of rotatable bonds is 10. The van der Waals surface area contributed by atoms with Crippen molar-refractivity contribution >= 4 is 63.8 Å². The number of aromatic hydroxyl groups is 1. The number of allylic oxidation sites excluding steroid dienone is 1. The van der Waals surface area contributed by atoms with E-state index in [0.29, 0.717) is 11.3 Å². The van der Waals surface area contributed by atoms with Crippen LogP contribution in [0.15, 0.2) is 44.9 Å². The molecule has 2 aromatic rings. The predicted octanol–water partition coefficient (Wildman–Crippen LogP) is 1.21. The number of thioether (sulfide) groups is 1. The Hall–Kier alpha value is -4.64. The predicted molar refractivity (Wildman–Crippen MR) is 157 cm³/mol. The molecule has 2 atom stereocenters. The molecule has 1 saturated heterocycles. The van der Waals surface area contributed by atoms with Gasteiger partial charge in [-0.1, -0.05) is 11.2 Å². The van der Waals surface area contributed by atoms with Gasteiger partial charge in [0.25, 0.3) is 11.8 Å². The summed E-state index contributed by atoms with van der Waals surface area (Å²) in [6.07, 6.45) is 4.32. The lowest BCUT2D eigenvalue weighted by Gasteiger charge is -2.49. The van der Waals surface area contributed by atoms with Gasteiger partial charge in [-0.25, -0.2) is 14.6 Å². The Morgan fingerprint density at radius 1 is 1.26 bits per heavy atom. The van der Waals surface area contributed by atoms with E-state index in [2.05, 4.69) is 15.5 Å². The van der Waals surface area contributed by atoms with E-state index >= 15 is 0 Å². The summed E-state index contributed by atoms with van der Waals surface area (Å²) in [7, 11) is 0. The average Bonchev–Trinajstić information content (AvgIpc) is 3.36. The number of carboxylic acid groups (broad SMARTS) is 2. The number of anilines is 1. The number of aliphatic carboxylic acids is 2. The van der Waals surface area contributed by atoms with E-state index in [1.54, 1.807) is 4.57 Å². The van der Waals surface area contributed by atoms with Crippen LogP contribution in [0, 0.1) is 0 Å². The Bertz CT molecular complexity index is 1660. The van der Waals surface area contributed by atoms with Crippen LogP contribution in [0.2, 0.25) is 0 Å². The van der Waals surface area contributed by atoms with Crippen LogP contribution in [0.25, 0.3) is 6.08 Å². The summed E-state index contributed by atoms with van der Waals surface area (Å²) in [4.78, 5) is 72.3. The number of thiazole rings is 1. The number of β-lactam (4-membered cyclic amide) rings is 1. The van der Waals surface area contributed by atoms with E-state index in [9.17, 15) is 39.3 Å². The number of nitrogens with zero attached hydrogens (tertiary/aromatic N) is 4. The van der Waals surface area contributed by atoms with Crippen molar-refractivity contribution in [3.8, 4) is 5.75 Å². The fraction of sp³-hybridized carbons (Fsp3) is 0.346. The number of hydrogen-bond donors (Lipinski definition) is 5. The molecule has 0 bridgehead atoms. The Morgan fingerprint density at radius 2 is 1.95 bits per heavy atom. The zero-order valence-corrected chi connectivity index (χ0v) is 24.9. The topological polar surface area (TPSA) is 227 Å². The standard InChI is InChI=1S/C26H28N6O9S2/c1-11(2)31-8-16(34)15(33)7-13(31)6-5-12-9-42-22-18(21(36)32(22)19(12)23(37)38)29-20(35)17(14-10-43-25(27)28-14)30-41-26(3,4)24(39)40/h5-8,10-11,18,22,34H,9H2,1-4H3,(H2,27,28)(H,29,35)(H,37,38)(H,39,40)/b6-5?,30-17-/t18-,22-/m1/s1. The first-order chi connectivity index (χ1) is 20.1. The maximum Gasteiger partial charge on any atom is 0.352 e. The van der Waals surface area contributed by atoms with Crippen molar-refractivity contribution in [3.63, 3.8) is 0 Å². The minimum Gasteiger partial charge on any atom is -0.503 e. The number of carbonyl (C=O) groups excluding carboxylic acids is 2. The van der Waals surface area contributed by atoms with Crippen LogP contribution in [-0.4, -0.2) is 82.0 Å². The number of fused-ring (bicyclic) bond motifs is 1. The maximum absolute atomic E-state index is 13.2. The summed E-state index contributed by atoms with van der Waals surface area (Å²) in [6, 6.07) is -0.0305. The van der Waals surface area contributed by atoms with Gasteiger partial charge in [-0.2, -0.15) is 0 Å². The van der Waals surface area contributed by atoms with Crippen LogP contribution in [-0.2, 0) is 24.0 Å². The number of nitrogens with two attached hydrogens (primary N) is 1. The van der Waals surface area contributed by atoms with Crippen molar-refractivity contribution in [2.24, 2.45) is 5.16 Å². The van der Waals surface area contributed by atoms with E-state index in [0.717, 1.165) is 16.2 Å². The van der Waals surface area contributed by atoms with Crippen LogP contribution >= 0.6 is 23.1 Å². The molecule has 2 aliphatic rings. The molecule has 2 aromatic heterocycles. The van der Waals surface area contributed by atoms with Crippen LogP contribution in [0.1, 0.15) is 45.1 Å². The number of amides is 2. The van der Waals surface area contributed by atoms with Crippen molar-refractivity contribution in [1.29, 1.82) is 0 Å². The largest absolute Gasteiger partial charge is 0.503 e. The summed E-state index contributed by atoms with van der Waals surface area (Å²) in [5.74, 6) is -4.57.